The van der Waals surface area contributed by atoms with E-state index < -0.39 is 22.5 Å². The van der Waals surface area contributed by atoms with Gasteiger partial charge >= 0.3 is 5.97 Å². The van der Waals surface area contributed by atoms with Crippen molar-refractivity contribution in [1.29, 1.82) is 0 Å². The lowest BCUT2D eigenvalue weighted by atomic mass is 10.2. The summed E-state index contributed by atoms with van der Waals surface area (Å²) in [6.45, 7) is 1.17. The summed E-state index contributed by atoms with van der Waals surface area (Å²) in [6, 6.07) is 8.58. The summed E-state index contributed by atoms with van der Waals surface area (Å²) in [5.41, 5.74) is 0.0811. The average molecular weight is 444 g/mol. The molecule has 29 heavy (non-hydrogen) atoms. The molecular weight excluding hydrogens is 422 g/mol. The maximum absolute atomic E-state index is 13.4. The molecule has 10 heteroatoms. The van der Waals surface area contributed by atoms with Gasteiger partial charge in [-0.25, -0.2) is 8.42 Å². The molecule has 0 aromatic heterocycles. The molecule has 0 heterocycles. The van der Waals surface area contributed by atoms with Crippen molar-refractivity contribution in [2.75, 3.05) is 38.8 Å². The molecule has 8 nitrogen and oxygen atoms in total. The van der Waals surface area contributed by atoms with Crippen LogP contribution in [0.2, 0.25) is 5.02 Å². The summed E-state index contributed by atoms with van der Waals surface area (Å²) in [4.78, 5) is 12.1. The molecule has 158 valence electrons. The van der Waals surface area contributed by atoms with Crippen LogP contribution in [-0.4, -0.2) is 48.9 Å². The molecule has 0 saturated carbocycles. The number of rotatable bonds is 9. The number of sulfonamides is 1. The molecule has 0 fully saturated rings. The van der Waals surface area contributed by atoms with Gasteiger partial charge in [0.15, 0.2) is 0 Å². The molecule has 2 aromatic rings. The van der Waals surface area contributed by atoms with Crippen LogP contribution >= 0.6 is 11.6 Å². The second-order valence-corrected chi connectivity index (χ2v) is 7.92. The molecule has 0 radical (unpaired) electrons. The van der Waals surface area contributed by atoms with Crippen molar-refractivity contribution in [1.82, 2.24) is 0 Å². The highest BCUT2D eigenvalue weighted by Crippen LogP contribution is 2.40. The second kappa shape index (κ2) is 9.71. The minimum atomic E-state index is -4.16. The summed E-state index contributed by atoms with van der Waals surface area (Å²) in [7, 11) is 0.0683. The van der Waals surface area contributed by atoms with Crippen molar-refractivity contribution in [3.05, 3.63) is 41.4 Å². The molecule has 2 aromatic carbocycles. The quantitative estimate of drug-likeness (QED) is 0.550. The van der Waals surface area contributed by atoms with Crippen LogP contribution in [0.4, 0.5) is 5.69 Å². The number of hydrogen-bond acceptors (Lipinski definition) is 7. The van der Waals surface area contributed by atoms with E-state index in [9.17, 15) is 13.2 Å². The lowest BCUT2D eigenvalue weighted by Crippen LogP contribution is -2.37. The van der Waals surface area contributed by atoms with Gasteiger partial charge in [0.1, 0.15) is 23.8 Å². The Hall–Kier alpha value is -2.65. The Morgan fingerprint density at radius 2 is 1.62 bits per heavy atom. The lowest BCUT2D eigenvalue weighted by molar-refractivity contribution is -0.141. The number of methoxy groups -OCH3 is 3. The van der Waals surface area contributed by atoms with Crippen LogP contribution in [-0.2, 0) is 19.6 Å². The zero-order chi connectivity index (χ0) is 21.6. The average Bonchev–Trinajstić information content (AvgIpc) is 2.72. The molecule has 0 atom stereocenters. The number of esters is 1. The number of hydrogen-bond donors (Lipinski definition) is 0. The third-order valence-electron chi connectivity index (χ3n) is 3.95. The number of carbonyl (C=O) groups is 1. The number of ether oxygens (including phenoxy) is 4. The fourth-order valence-corrected chi connectivity index (χ4v) is 4.18. The van der Waals surface area contributed by atoms with Gasteiger partial charge in [0, 0.05) is 12.1 Å². The van der Waals surface area contributed by atoms with Gasteiger partial charge in [0.2, 0.25) is 0 Å². The van der Waals surface area contributed by atoms with E-state index in [0.29, 0.717) is 5.75 Å². The van der Waals surface area contributed by atoms with Crippen LogP contribution in [0.25, 0.3) is 0 Å². The Bertz CT molecular complexity index is 961. The summed E-state index contributed by atoms with van der Waals surface area (Å²) in [5, 5.41) is 0.228. The molecular formula is C19H22ClNO7S. The largest absolute Gasteiger partial charge is 0.497 e. The van der Waals surface area contributed by atoms with E-state index >= 15 is 0 Å². The molecule has 0 aliphatic rings. The number of benzene rings is 2. The van der Waals surface area contributed by atoms with E-state index in [1.54, 1.807) is 6.92 Å². The number of halogens is 1. The minimum absolute atomic E-state index is 0.0430. The topological polar surface area (TPSA) is 91.4 Å². The molecule has 0 N–H and O–H groups in total. The fourth-order valence-electron chi connectivity index (χ4n) is 2.54. The van der Waals surface area contributed by atoms with Gasteiger partial charge in [0.25, 0.3) is 10.0 Å². The number of anilines is 1. The van der Waals surface area contributed by atoms with Crippen LogP contribution in [0.15, 0.2) is 41.3 Å². The van der Waals surface area contributed by atoms with Crippen LogP contribution in [0, 0.1) is 0 Å². The van der Waals surface area contributed by atoms with Gasteiger partial charge in [-0.2, -0.15) is 0 Å². The van der Waals surface area contributed by atoms with E-state index in [-0.39, 0.29) is 33.7 Å². The summed E-state index contributed by atoms with van der Waals surface area (Å²) in [6.07, 6.45) is 0. The van der Waals surface area contributed by atoms with Crippen molar-refractivity contribution in [3.63, 3.8) is 0 Å². The van der Waals surface area contributed by atoms with Crippen molar-refractivity contribution in [2.24, 2.45) is 0 Å². The first kappa shape index (κ1) is 22.6. The lowest BCUT2D eigenvalue weighted by Gasteiger charge is -2.26. The van der Waals surface area contributed by atoms with Crippen LogP contribution in [0.5, 0.6) is 17.2 Å². The molecule has 0 bridgehead atoms. The van der Waals surface area contributed by atoms with Gasteiger partial charge in [-0.1, -0.05) is 11.6 Å². The van der Waals surface area contributed by atoms with Gasteiger partial charge < -0.3 is 18.9 Å². The Balaban J connectivity index is 2.64. The molecule has 0 saturated heterocycles. The first-order chi connectivity index (χ1) is 13.8. The van der Waals surface area contributed by atoms with Crippen LogP contribution in [0.1, 0.15) is 6.92 Å². The summed E-state index contributed by atoms with van der Waals surface area (Å²) in [5.74, 6) is 0.144. The highest BCUT2D eigenvalue weighted by Gasteiger charge is 2.31. The first-order valence-electron chi connectivity index (χ1n) is 8.52. The van der Waals surface area contributed by atoms with E-state index in [2.05, 4.69) is 0 Å². The Morgan fingerprint density at radius 1 is 1.00 bits per heavy atom. The maximum atomic E-state index is 13.4. The predicted molar refractivity (Wildman–Crippen MR) is 109 cm³/mol. The van der Waals surface area contributed by atoms with E-state index in [1.165, 1.54) is 57.7 Å². The number of nitrogens with zero attached hydrogens (tertiary/aromatic N) is 1. The third kappa shape index (κ3) is 5.04. The minimum Gasteiger partial charge on any atom is -0.497 e. The Morgan fingerprint density at radius 3 is 2.14 bits per heavy atom. The normalized spacial score (nSPS) is 10.9. The van der Waals surface area contributed by atoms with Crippen molar-refractivity contribution in [2.45, 2.75) is 11.8 Å². The molecule has 0 aliphatic carbocycles. The molecule has 2 rings (SSSR count). The molecule has 0 amide bonds. The highest BCUT2D eigenvalue weighted by molar-refractivity contribution is 7.92. The Labute approximate surface area is 174 Å². The van der Waals surface area contributed by atoms with Crippen LogP contribution < -0.4 is 18.5 Å². The van der Waals surface area contributed by atoms with E-state index in [0.717, 1.165) is 4.31 Å². The molecule has 0 spiro atoms. The highest BCUT2D eigenvalue weighted by atomic mass is 35.5. The van der Waals surface area contributed by atoms with Crippen molar-refractivity contribution >= 4 is 33.3 Å². The van der Waals surface area contributed by atoms with E-state index in [4.69, 9.17) is 30.5 Å². The first-order valence-corrected chi connectivity index (χ1v) is 10.3. The SMILES string of the molecule is CCOC(=O)CN(c1cc(OC)c(Cl)cc1OC)S(=O)(=O)c1ccc(OC)cc1. The van der Waals surface area contributed by atoms with Gasteiger partial charge in [-0.15, -0.1) is 0 Å². The Kier molecular flexibility index (Phi) is 7.58. The van der Waals surface area contributed by atoms with Gasteiger partial charge in [0.05, 0.1) is 43.5 Å². The second-order valence-electron chi connectivity index (χ2n) is 5.65. The smallest absolute Gasteiger partial charge is 0.326 e. The molecule has 0 unspecified atom stereocenters. The summed E-state index contributed by atoms with van der Waals surface area (Å²) < 4.78 is 48.2. The zero-order valence-corrected chi connectivity index (χ0v) is 18.0. The third-order valence-corrected chi connectivity index (χ3v) is 6.02. The predicted octanol–water partition coefficient (Wildman–Crippen LogP) is 3.12. The monoisotopic (exact) mass is 443 g/mol. The van der Waals surface area contributed by atoms with E-state index in [1.807, 2.05) is 0 Å². The standard InChI is InChI=1S/C19H22ClNO7S/c1-5-28-19(22)12-21(16-11-17(26-3)15(20)10-18(16)27-4)29(23,24)14-8-6-13(25-2)7-9-14/h6-11H,5,12H2,1-4H3. The maximum Gasteiger partial charge on any atom is 0.326 e. The summed E-state index contributed by atoms with van der Waals surface area (Å²) >= 11 is 6.13. The van der Waals surface area contributed by atoms with Crippen LogP contribution in [0.3, 0.4) is 0 Å². The van der Waals surface area contributed by atoms with Gasteiger partial charge in [-0.05, 0) is 31.2 Å². The van der Waals surface area contributed by atoms with Crippen molar-refractivity contribution in [3.8, 4) is 17.2 Å². The van der Waals surface area contributed by atoms with Gasteiger partial charge in [-0.3, -0.25) is 9.10 Å². The zero-order valence-electron chi connectivity index (χ0n) is 16.5. The van der Waals surface area contributed by atoms with Crippen molar-refractivity contribution < 1.29 is 32.2 Å². The fraction of sp³-hybridized carbons (Fsp3) is 0.316. The number of carbonyl (C=O) groups excluding carboxylic acids is 1. The molecule has 0 aliphatic heterocycles.